The molecule has 1 aromatic heterocycles. The van der Waals surface area contributed by atoms with E-state index in [1.807, 2.05) is 5.38 Å². The van der Waals surface area contributed by atoms with Crippen molar-refractivity contribution in [1.82, 2.24) is 14.9 Å². The first kappa shape index (κ1) is 13.0. The van der Waals surface area contributed by atoms with Gasteiger partial charge in [0.15, 0.2) is 0 Å². The molecule has 18 heavy (non-hydrogen) atoms. The van der Waals surface area contributed by atoms with Crippen LogP contribution in [0.25, 0.3) is 0 Å². The van der Waals surface area contributed by atoms with Crippen LogP contribution in [0.3, 0.4) is 0 Å². The van der Waals surface area contributed by atoms with Crippen molar-refractivity contribution in [3.63, 3.8) is 0 Å². The zero-order valence-corrected chi connectivity index (χ0v) is 10.1. The topological polar surface area (TPSA) is 37.8 Å². The highest BCUT2D eigenvalue weighted by Gasteiger charge is 2.29. The third kappa shape index (κ3) is 3.51. The Labute approximate surface area is 106 Å². The minimum absolute atomic E-state index is 0.496. The van der Waals surface area contributed by atoms with Crippen LogP contribution in [0.1, 0.15) is 16.8 Å². The number of hydrogen-bond donors (Lipinski definition) is 1. The van der Waals surface area contributed by atoms with Crippen LogP contribution >= 0.6 is 11.5 Å². The summed E-state index contributed by atoms with van der Waals surface area (Å²) in [6.45, 7) is 1.05. The van der Waals surface area contributed by atoms with E-state index >= 15 is 0 Å². The van der Waals surface area contributed by atoms with Crippen LogP contribution in [0.4, 0.5) is 13.2 Å². The molecular weight excluding hydrogens is 263 g/mol. The summed E-state index contributed by atoms with van der Waals surface area (Å²) in [5, 5.41) is 8.76. The van der Waals surface area contributed by atoms with Crippen molar-refractivity contribution in [2.24, 2.45) is 0 Å². The largest absolute Gasteiger partial charge is 0.416 e. The summed E-state index contributed by atoms with van der Waals surface area (Å²) in [6.07, 6.45) is -4.28. The molecule has 0 aliphatic carbocycles. The minimum Gasteiger partial charge on any atom is -0.307 e. The molecule has 0 spiro atoms. The van der Waals surface area contributed by atoms with E-state index in [4.69, 9.17) is 0 Å². The van der Waals surface area contributed by atoms with Gasteiger partial charge in [0.1, 0.15) is 0 Å². The van der Waals surface area contributed by atoms with Gasteiger partial charge < -0.3 is 5.32 Å². The Hall–Kier alpha value is -1.47. The average Bonchev–Trinajstić information content (AvgIpc) is 2.82. The number of benzene rings is 1. The Balaban J connectivity index is 1.87. The molecule has 0 atom stereocenters. The lowest BCUT2D eigenvalue weighted by molar-refractivity contribution is -0.137. The van der Waals surface area contributed by atoms with Gasteiger partial charge >= 0.3 is 6.18 Å². The van der Waals surface area contributed by atoms with Gasteiger partial charge in [-0.3, -0.25) is 0 Å². The number of hydrogen-bond acceptors (Lipinski definition) is 4. The van der Waals surface area contributed by atoms with Crippen LogP contribution in [0.5, 0.6) is 0 Å². The molecule has 0 amide bonds. The second kappa shape index (κ2) is 5.45. The number of nitrogens with one attached hydrogen (secondary N) is 1. The smallest absolute Gasteiger partial charge is 0.307 e. The molecule has 2 rings (SSSR count). The first-order valence-corrected chi connectivity index (χ1v) is 6.02. The van der Waals surface area contributed by atoms with Gasteiger partial charge in [0.05, 0.1) is 11.3 Å². The van der Waals surface area contributed by atoms with Crippen LogP contribution in [-0.2, 0) is 19.3 Å². The van der Waals surface area contributed by atoms with Crippen molar-refractivity contribution >= 4 is 11.5 Å². The zero-order chi connectivity index (χ0) is 13.0. The van der Waals surface area contributed by atoms with Crippen LogP contribution in [0, 0.1) is 0 Å². The lowest BCUT2D eigenvalue weighted by atomic mass is 10.1. The summed E-state index contributed by atoms with van der Waals surface area (Å²) in [6, 6.07) is 5.10. The Bertz CT molecular complexity index is 479. The van der Waals surface area contributed by atoms with Crippen molar-refractivity contribution < 1.29 is 13.2 Å². The molecule has 2 aromatic rings. The number of alkyl halides is 3. The standard InChI is InChI=1S/C11H10F3N3S/c12-11(13,14)9-3-1-8(2-4-9)5-15-6-10-7-18-17-16-10/h1-4,7,15H,5-6H2. The van der Waals surface area contributed by atoms with E-state index < -0.39 is 11.7 Å². The number of nitrogens with zero attached hydrogens (tertiary/aromatic N) is 2. The maximum Gasteiger partial charge on any atom is 0.416 e. The summed E-state index contributed by atoms with van der Waals surface area (Å²) >= 11 is 1.26. The summed E-state index contributed by atoms with van der Waals surface area (Å²) < 4.78 is 40.7. The third-order valence-electron chi connectivity index (χ3n) is 2.32. The van der Waals surface area contributed by atoms with Crippen LogP contribution < -0.4 is 5.32 Å². The summed E-state index contributed by atoms with van der Waals surface area (Å²) in [5.41, 5.74) is 0.994. The van der Waals surface area contributed by atoms with Crippen molar-refractivity contribution in [3.8, 4) is 0 Å². The highest BCUT2D eigenvalue weighted by Crippen LogP contribution is 2.28. The number of halogens is 3. The molecule has 0 aliphatic heterocycles. The molecule has 0 unspecified atom stereocenters. The fourth-order valence-electron chi connectivity index (χ4n) is 1.41. The molecule has 0 saturated heterocycles. The van der Waals surface area contributed by atoms with Crippen molar-refractivity contribution in [2.75, 3.05) is 0 Å². The fraction of sp³-hybridized carbons (Fsp3) is 0.273. The average molecular weight is 273 g/mol. The molecule has 3 nitrogen and oxygen atoms in total. The first-order chi connectivity index (χ1) is 8.55. The Morgan fingerprint density at radius 3 is 2.39 bits per heavy atom. The molecule has 7 heteroatoms. The maximum atomic E-state index is 12.3. The molecule has 0 bridgehead atoms. The molecule has 1 heterocycles. The van der Waals surface area contributed by atoms with Crippen molar-refractivity contribution in [3.05, 3.63) is 46.5 Å². The van der Waals surface area contributed by atoms with Gasteiger partial charge in [0.25, 0.3) is 0 Å². The Morgan fingerprint density at radius 2 is 1.83 bits per heavy atom. The maximum absolute atomic E-state index is 12.3. The first-order valence-electron chi connectivity index (χ1n) is 5.18. The second-order valence-electron chi connectivity index (χ2n) is 3.69. The summed E-state index contributed by atoms with van der Waals surface area (Å²) in [5.74, 6) is 0. The van der Waals surface area contributed by atoms with E-state index in [0.29, 0.717) is 13.1 Å². The monoisotopic (exact) mass is 273 g/mol. The van der Waals surface area contributed by atoms with Gasteiger partial charge in [-0.25, -0.2) is 0 Å². The van der Waals surface area contributed by atoms with Gasteiger partial charge in [-0.1, -0.05) is 16.6 Å². The van der Waals surface area contributed by atoms with Crippen LogP contribution in [-0.4, -0.2) is 9.59 Å². The van der Waals surface area contributed by atoms with Crippen molar-refractivity contribution in [1.29, 1.82) is 0 Å². The Kier molecular flexibility index (Phi) is 3.93. The molecule has 0 radical (unpaired) electrons. The van der Waals surface area contributed by atoms with Crippen LogP contribution in [0.15, 0.2) is 29.6 Å². The van der Waals surface area contributed by atoms with Crippen molar-refractivity contribution in [2.45, 2.75) is 19.3 Å². The molecule has 0 fully saturated rings. The predicted molar refractivity (Wildman–Crippen MR) is 61.9 cm³/mol. The molecule has 96 valence electrons. The number of aromatic nitrogens is 2. The van der Waals surface area contributed by atoms with Gasteiger partial charge in [-0.2, -0.15) is 13.2 Å². The van der Waals surface area contributed by atoms with Gasteiger partial charge in [0.2, 0.25) is 0 Å². The van der Waals surface area contributed by atoms with Crippen LogP contribution in [0.2, 0.25) is 0 Å². The van der Waals surface area contributed by atoms with E-state index in [9.17, 15) is 13.2 Å². The van der Waals surface area contributed by atoms with Gasteiger partial charge in [-0.15, -0.1) is 5.10 Å². The molecule has 1 aromatic carbocycles. The predicted octanol–water partition coefficient (Wildman–Crippen LogP) is 2.85. The summed E-state index contributed by atoms with van der Waals surface area (Å²) in [4.78, 5) is 0. The quantitative estimate of drug-likeness (QED) is 0.930. The summed E-state index contributed by atoms with van der Waals surface area (Å²) in [7, 11) is 0. The lowest BCUT2D eigenvalue weighted by Gasteiger charge is -2.07. The fourth-order valence-corrected chi connectivity index (χ4v) is 1.86. The lowest BCUT2D eigenvalue weighted by Crippen LogP contribution is -2.13. The molecule has 0 aliphatic rings. The molecule has 0 saturated carbocycles. The zero-order valence-electron chi connectivity index (χ0n) is 9.24. The normalized spacial score (nSPS) is 11.7. The minimum atomic E-state index is -4.28. The van der Waals surface area contributed by atoms with E-state index in [1.165, 1.54) is 23.7 Å². The molecule has 1 N–H and O–H groups in total. The van der Waals surface area contributed by atoms with E-state index in [1.54, 1.807) is 0 Å². The Morgan fingerprint density at radius 1 is 1.11 bits per heavy atom. The number of rotatable bonds is 4. The highest BCUT2D eigenvalue weighted by atomic mass is 32.1. The van der Waals surface area contributed by atoms with Gasteiger partial charge in [0, 0.05) is 18.5 Å². The SMILES string of the molecule is FC(F)(F)c1ccc(CNCc2csnn2)cc1. The second-order valence-corrected chi connectivity index (χ2v) is 4.30. The van der Waals surface area contributed by atoms with Gasteiger partial charge in [-0.05, 0) is 29.2 Å². The van der Waals surface area contributed by atoms with E-state index in [0.717, 1.165) is 23.4 Å². The van der Waals surface area contributed by atoms with E-state index in [2.05, 4.69) is 14.9 Å². The molecular formula is C11H10F3N3S. The highest BCUT2D eigenvalue weighted by molar-refractivity contribution is 7.03. The van der Waals surface area contributed by atoms with E-state index in [-0.39, 0.29) is 0 Å². The third-order valence-corrected chi connectivity index (χ3v) is 2.88.